The van der Waals surface area contributed by atoms with Crippen LogP contribution in [0.1, 0.15) is 53.5 Å². The zero-order valence-electron chi connectivity index (χ0n) is 12.7. The molecular weight excluding hydrogens is 296 g/mol. The molecule has 1 aromatic carbocycles. The van der Waals surface area contributed by atoms with Gasteiger partial charge in [0.15, 0.2) is 0 Å². The lowest BCUT2D eigenvalue weighted by Crippen LogP contribution is -2.35. The van der Waals surface area contributed by atoms with Gasteiger partial charge in [-0.2, -0.15) is 0 Å². The van der Waals surface area contributed by atoms with E-state index in [0.29, 0.717) is 5.92 Å². The van der Waals surface area contributed by atoms with Gasteiger partial charge >= 0.3 is 5.97 Å². The Labute approximate surface area is 133 Å². The smallest absolute Gasteiger partial charge is 0.308 e. The number of carboxylic acid groups (broad SMARTS) is 1. The summed E-state index contributed by atoms with van der Waals surface area (Å²) < 4.78 is 5.10. The number of hydrogen-bond acceptors (Lipinski definition) is 4. The molecule has 3 rings (SSSR count). The highest BCUT2D eigenvalue weighted by Gasteiger charge is 2.31. The molecule has 6 heteroatoms. The van der Waals surface area contributed by atoms with Gasteiger partial charge in [-0.15, -0.1) is 0 Å². The molecule has 2 N–H and O–H groups in total. The Morgan fingerprint density at radius 1 is 1.30 bits per heavy atom. The van der Waals surface area contributed by atoms with E-state index in [9.17, 15) is 14.7 Å². The Kier molecular flexibility index (Phi) is 4.14. The standard InChI is InChI=1S/C17H18N2O4/c1-10(17(21)22)15(12-5-3-2-4-6-12)18-16(20)14-9-13(19-23-14)11-7-8-11/h2-6,9-11,15H,7-8H2,1H3,(H,18,20)(H,21,22). The number of benzene rings is 1. The Bertz CT molecular complexity index is 706. The van der Waals surface area contributed by atoms with Gasteiger partial charge in [-0.25, -0.2) is 0 Å². The van der Waals surface area contributed by atoms with Crippen molar-refractivity contribution in [3.8, 4) is 0 Å². The van der Waals surface area contributed by atoms with Crippen LogP contribution in [-0.2, 0) is 4.79 Å². The molecule has 0 spiro atoms. The summed E-state index contributed by atoms with van der Waals surface area (Å²) in [5.74, 6) is -1.69. The van der Waals surface area contributed by atoms with Crippen molar-refractivity contribution in [1.29, 1.82) is 0 Å². The maximum Gasteiger partial charge on any atom is 0.308 e. The molecule has 1 heterocycles. The van der Waals surface area contributed by atoms with E-state index in [1.165, 1.54) is 0 Å². The van der Waals surface area contributed by atoms with Crippen LogP contribution in [0.3, 0.4) is 0 Å². The average molecular weight is 314 g/mol. The predicted molar refractivity (Wildman–Crippen MR) is 81.9 cm³/mol. The van der Waals surface area contributed by atoms with Crippen LogP contribution in [0, 0.1) is 5.92 Å². The summed E-state index contributed by atoms with van der Waals surface area (Å²) in [5.41, 5.74) is 1.52. The highest BCUT2D eigenvalue weighted by molar-refractivity contribution is 5.92. The van der Waals surface area contributed by atoms with Crippen LogP contribution in [0.15, 0.2) is 40.9 Å². The molecule has 0 radical (unpaired) electrons. The van der Waals surface area contributed by atoms with E-state index in [1.807, 2.05) is 18.2 Å². The number of amides is 1. The SMILES string of the molecule is CC(C(=O)O)C(NC(=O)c1cc(C2CC2)no1)c1ccccc1. The summed E-state index contributed by atoms with van der Waals surface area (Å²) in [6.45, 7) is 1.57. The zero-order valence-corrected chi connectivity index (χ0v) is 12.7. The number of aliphatic carboxylic acids is 1. The van der Waals surface area contributed by atoms with Gasteiger partial charge in [0.05, 0.1) is 17.7 Å². The summed E-state index contributed by atoms with van der Waals surface area (Å²) in [6, 6.07) is 10.0. The average Bonchev–Trinajstić information content (AvgIpc) is 3.29. The van der Waals surface area contributed by atoms with Gasteiger partial charge < -0.3 is 14.9 Å². The third kappa shape index (κ3) is 3.41. The highest BCUT2D eigenvalue weighted by Crippen LogP contribution is 2.39. The monoisotopic (exact) mass is 314 g/mol. The second-order valence-electron chi connectivity index (χ2n) is 5.88. The molecule has 2 atom stereocenters. The number of aromatic nitrogens is 1. The van der Waals surface area contributed by atoms with Crippen LogP contribution in [-0.4, -0.2) is 22.1 Å². The minimum absolute atomic E-state index is 0.116. The fourth-order valence-electron chi connectivity index (χ4n) is 2.48. The first-order chi connectivity index (χ1) is 11.1. The second-order valence-corrected chi connectivity index (χ2v) is 5.88. The second kappa shape index (κ2) is 6.24. The molecule has 2 unspecified atom stereocenters. The third-order valence-electron chi connectivity index (χ3n) is 4.08. The molecule has 23 heavy (non-hydrogen) atoms. The van der Waals surface area contributed by atoms with Gasteiger partial charge in [-0.1, -0.05) is 35.5 Å². The fourth-order valence-corrected chi connectivity index (χ4v) is 2.48. The number of hydrogen-bond donors (Lipinski definition) is 2. The minimum Gasteiger partial charge on any atom is -0.481 e. The van der Waals surface area contributed by atoms with E-state index >= 15 is 0 Å². The maximum absolute atomic E-state index is 12.4. The first-order valence-electron chi connectivity index (χ1n) is 7.61. The van der Waals surface area contributed by atoms with E-state index in [4.69, 9.17) is 4.52 Å². The summed E-state index contributed by atoms with van der Waals surface area (Å²) in [4.78, 5) is 23.7. The molecule has 1 saturated carbocycles. The normalized spacial score (nSPS) is 16.6. The summed E-state index contributed by atoms with van der Waals surface area (Å²) in [6.07, 6.45) is 2.13. The predicted octanol–water partition coefficient (Wildman–Crippen LogP) is 2.74. The Morgan fingerprint density at radius 2 is 2.00 bits per heavy atom. The van der Waals surface area contributed by atoms with Gasteiger partial charge in [-0.3, -0.25) is 9.59 Å². The van der Waals surface area contributed by atoms with Crippen molar-refractivity contribution in [1.82, 2.24) is 10.5 Å². The van der Waals surface area contributed by atoms with Crippen molar-refractivity contribution >= 4 is 11.9 Å². The molecule has 120 valence electrons. The molecule has 0 bridgehead atoms. The molecule has 0 aliphatic heterocycles. The molecule has 1 fully saturated rings. The highest BCUT2D eigenvalue weighted by atomic mass is 16.5. The number of nitrogens with zero attached hydrogens (tertiary/aromatic N) is 1. The van der Waals surface area contributed by atoms with Crippen LogP contribution >= 0.6 is 0 Å². The summed E-state index contributed by atoms with van der Waals surface area (Å²) >= 11 is 0. The molecular formula is C17H18N2O4. The van der Waals surface area contributed by atoms with E-state index < -0.39 is 23.8 Å². The first-order valence-corrected chi connectivity index (χ1v) is 7.61. The van der Waals surface area contributed by atoms with Crippen molar-refractivity contribution in [3.63, 3.8) is 0 Å². The number of nitrogens with one attached hydrogen (secondary N) is 1. The van der Waals surface area contributed by atoms with Crippen LogP contribution in [0.2, 0.25) is 0 Å². The van der Waals surface area contributed by atoms with Gasteiger partial charge in [0.25, 0.3) is 5.91 Å². The number of carbonyl (C=O) groups excluding carboxylic acids is 1. The number of rotatable bonds is 6. The third-order valence-corrected chi connectivity index (χ3v) is 4.08. The van der Waals surface area contributed by atoms with Gasteiger partial charge in [0.2, 0.25) is 5.76 Å². The van der Waals surface area contributed by atoms with Crippen LogP contribution in [0.4, 0.5) is 0 Å². The summed E-state index contributed by atoms with van der Waals surface area (Å²) in [7, 11) is 0. The Morgan fingerprint density at radius 3 is 2.61 bits per heavy atom. The lowest BCUT2D eigenvalue weighted by atomic mass is 9.94. The fraction of sp³-hybridized carbons (Fsp3) is 0.353. The van der Waals surface area contributed by atoms with Crippen molar-refractivity contribution in [2.75, 3.05) is 0 Å². The maximum atomic E-state index is 12.4. The molecule has 1 aliphatic carbocycles. The van der Waals surface area contributed by atoms with Crippen LogP contribution in [0.5, 0.6) is 0 Å². The van der Waals surface area contributed by atoms with Gasteiger partial charge in [-0.05, 0) is 25.3 Å². The van der Waals surface area contributed by atoms with E-state index in [2.05, 4.69) is 10.5 Å². The van der Waals surface area contributed by atoms with E-state index in [-0.39, 0.29) is 5.76 Å². The molecule has 6 nitrogen and oxygen atoms in total. The minimum atomic E-state index is -0.976. The lowest BCUT2D eigenvalue weighted by Gasteiger charge is -2.22. The van der Waals surface area contributed by atoms with Crippen molar-refractivity contribution < 1.29 is 19.2 Å². The number of carbonyl (C=O) groups is 2. The topological polar surface area (TPSA) is 92.4 Å². The van der Waals surface area contributed by atoms with Crippen LogP contribution in [0.25, 0.3) is 0 Å². The molecule has 1 aliphatic rings. The van der Waals surface area contributed by atoms with E-state index in [1.54, 1.807) is 25.1 Å². The van der Waals surface area contributed by atoms with Crippen LogP contribution < -0.4 is 5.32 Å². The molecule has 1 aromatic heterocycles. The number of carboxylic acids is 1. The molecule has 2 aromatic rings. The summed E-state index contributed by atoms with van der Waals surface area (Å²) in [5, 5.41) is 16.0. The van der Waals surface area contributed by atoms with Gasteiger partial charge in [0.1, 0.15) is 0 Å². The van der Waals surface area contributed by atoms with E-state index in [0.717, 1.165) is 24.1 Å². The van der Waals surface area contributed by atoms with Crippen molar-refractivity contribution in [3.05, 3.63) is 53.4 Å². The largest absolute Gasteiger partial charge is 0.481 e. The van der Waals surface area contributed by atoms with Crippen molar-refractivity contribution in [2.45, 2.75) is 31.7 Å². The quantitative estimate of drug-likeness (QED) is 0.855. The van der Waals surface area contributed by atoms with Crippen molar-refractivity contribution in [2.24, 2.45) is 5.92 Å². The first kappa shape index (κ1) is 15.3. The zero-order chi connectivity index (χ0) is 16.4. The molecule has 1 amide bonds. The molecule has 0 saturated heterocycles. The Hall–Kier alpha value is -2.63. The van der Waals surface area contributed by atoms with Gasteiger partial charge in [0, 0.05) is 12.0 Å². The lowest BCUT2D eigenvalue weighted by molar-refractivity contribution is -0.142. The Balaban J connectivity index is 1.79.